The van der Waals surface area contributed by atoms with Crippen LogP contribution in [0.15, 0.2) is 58.3 Å². The van der Waals surface area contributed by atoms with Gasteiger partial charge in [0.1, 0.15) is 5.82 Å². The van der Waals surface area contributed by atoms with Gasteiger partial charge in [0.25, 0.3) is 0 Å². The standard InChI is InChI=1S/C22H26N4O4S3/c1-16-4-6-18(7-5-16)14-21-23-22(31-24-21)25-12-13-26(17(2)15-25)33(29,30)20-10-8-19(9-11-20)32(3,27)28/h4-11,17H,12-15H2,1-3H3. The summed E-state index contributed by atoms with van der Waals surface area (Å²) in [6.07, 6.45) is 1.75. The fourth-order valence-electron chi connectivity index (χ4n) is 3.80. The van der Waals surface area contributed by atoms with Gasteiger partial charge in [0.2, 0.25) is 15.2 Å². The lowest BCUT2D eigenvalue weighted by molar-refractivity contribution is 0.306. The Morgan fingerprint density at radius 2 is 1.61 bits per heavy atom. The molecule has 1 saturated heterocycles. The highest BCUT2D eigenvalue weighted by molar-refractivity contribution is 7.90. The lowest BCUT2D eigenvalue weighted by Gasteiger charge is -2.38. The number of aromatic nitrogens is 2. The fourth-order valence-corrected chi connectivity index (χ4v) is 6.76. The molecule has 1 aliphatic rings. The van der Waals surface area contributed by atoms with Crippen LogP contribution in [0.3, 0.4) is 0 Å². The first-order valence-electron chi connectivity index (χ1n) is 10.5. The topological polar surface area (TPSA) is 101 Å². The first-order valence-corrected chi connectivity index (χ1v) is 14.6. The summed E-state index contributed by atoms with van der Waals surface area (Å²) in [5, 5.41) is 0.790. The predicted octanol–water partition coefficient (Wildman–Crippen LogP) is 2.74. The molecule has 0 spiro atoms. The number of aryl methyl sites for hydroxylation is 1. The van der Waals surface area contributed by atoms with Crippen molar-refractivity contribution in [3.63, 3.8) is 0 Å². The molecule has 176 valence electrons. The second-order valence-corrected chi connectivity index (χ2v) is 12.9. The van der Waals surface area contributed by atoms with Crippen molar-refractivity contribution in [1.29, 1.82) is 0 Å². The van der Waals surface area contributed by atoms with Gasteiger partial charge < -0.3 is 4.90 Å². The Morgan fingerprint density at radius 1 is 0.970 bits per heavy atom. The van der Waals surface area contributed by atoms with E-state index in [2.05, 4.69) is 45.4 Å². The van der Waals surface area contributed by atoms with Crippen molar-refractivity contribution in [3.8, 4) is 0 Å². The van der Waals surface area contributed by atoms with Crippen LogP contribution in [0.2, 0.25) is 0 Å². The van der Waals surface area contributed by atoms with Crippen LogP contribution in [0.25, 0.3) is 0 Å². The Labute approximate surface area is 199 Å². The van der Waals surface area contributed by atoms with E-state index < -0.39 is 19.9 Å². The summed E-state index contributed by atoms with van der Waals surface area (Å²) in [6.45, 7) is 5.23. The minimum Gasteiger partial charge on any atom is -0.344 e. The molecule has 1 aromatic heterocycles. The number of rotatable bonds is 6. The van der Waals surface area contributed by atoms with E-state index in [9.17, 15) is 16.8 Å². The maximum atomic E-state index is 13.2. The van der Waals surface area contributed by atoms with Crippen LogP contribution in [0, 0.1) is 6.92 Å². The monoisotopic (exact) mass is 506 g/mol. The quantitative estimate of drug-likeness (QED) is 0.507. The van der Waals surface area contributed by atoms with Crippen molar-refractivity contribution >= 4 is 36.5 Å². The van der Waals surface area contributed by atoms with Crippen LogP contribution in [0.5, 0.6) is 0 Å². The van der Waals surface area contributed by atoms with E-state index in [0.717, 1.165) is 22.8 Å². The summed E-state index contributed by atoms with van der Waals surface area (Å²) in [5.41, 5.74) is 2.36. The number of sulfonamides is 1. The summed E-state index contributed by atoms with van der Waals surface area (Å²) in [6, 6.07) is 13.4. The van der Waals surface area contributed by atoms with Gasteiger partial charge in [-0.2, -0.15) is 8.68 Å². The van der Waals surface area contributed by atoms with Crippen molar-refractivity contribution in [3.05, 3.63) is 65.5 Å². The average Bonchev–Trinajstić information content (AvgIpc) is 3.23. The van der Waals surface area contributed by atoms with Crippen molar-refractivity contribution in [2.45, 2.75) is 36.1 Å². The van der Waals surface area contributed by atoms with Gasteiger partial charge in [-0.15, -0.1) is 0 Å². The second-order valence-electron chi connectivity index (χ2n) is 8.31. The molecule has 2 heterocycles. The average molecular weight is 507 g/mol. The molecule has 3 aromatic rings. The van der Waals surface area contributed by atoms with Gasteiger partial charge in [-0.3, -0.25) is 0 Å². The fraction of sp³-hybridized carbons (Fsp3) is 0.364. The van der Waals surface area contributed by atoms with Crippen molar-refractivity contribution in [2.75, 3.05) is 30.8 Å². The van der Waals surface area contributed by atoms with E-state index in [1.54, 1.807) is 0 Å². The maximum absolute atomic E-state index is 13.2. The molecule has 0 N–H and O–H groups in total. The van der Waals surface area contributed by atoms with Crippen molar-refractivity contribution in [2.24, 2.45) is 0 Å². The highest BCUT2D eigenvalue weighted by Gasteiger charge is 2.34. The third-order valence-electron chi connectivity index (χ3n) is 5.64. The highest BCUT2D eigenvalue weighted by Crippen LogP contribution is 2.26. The normalized spacial score (nSPS) is 17.9. The van der Waals surface area contributed by atoms with Crippen molar-refractivity contribution < 1.29 is 16.8 Å². The van der Waals surface area contributed by atoms with Gasteiger partial charge in [0, 0.05) is 49.9 Å². The molecular formula is C22H26N4O4S3. The third-order valence-corrected chi connectivity index (χ3v) is 9.61. The summed E-state index contributed by atoms with van der Waals surface area (Å²) < 4.78 is 55.6. The van der Waals surface area contributed by atoms with Crippen LogP contribution in [-0.4, -0.2) is 62.4 Å². The zero-order chi connectivity index (χ0) is 23.8. The molecule has 11 heteroatoms. The van der Waals surface area contributed by atoms with Gasteiger partial charge in [-0.25, -0.2) is 21.8 Å². The number of nitrogens with zero attached hydrogens (tertiary/aromatic N) is 4. The molecule has 0 amide bonds. The molecule has 0 saturated carbocycles. The van der Waals surface area contributed by atoms with Gasteiger partial charge in [-0.05, 0) is 43.7 Å². The molecule has 0 radical (unpaired) electrons. The Kier molecular flexibility index (Phi) is 6.59. The molecule has 0 bridgehead atoms. The number of sulfone groups is 1. The SMILES string of the molecule is Cc1ccc(Cc2nsc(N3CCN(S(=O)(=O)c4ccc(S(C)(=O)=O)cc4)C(C)C3)n2)cc1. The largest absolute Gasteiger partial charge is 0.344 e. The molecule has 8 nitrogen and oxygen atoms in total. The van der Waals surface area contributed by atoms with Gasteiger partial charge in [-0.1, -0.05) is 29.8 Å². The second kappa shape index (κ2) is 9.13. The molecular weight excluding hydrogens is 480 g/mol. The Bertz CT molecular complexity index is 1340. The molecule has 1 atom stereocenters. The minimum atomic E-state index is -3.74. The molecule has 1 fully saturated rings. The lowest BCUT2D eigenvalue weighted by Crippen LogP contribution is -2.54. The van der Waals surface area contributed by atoms with Crippen molar-refractivity contribution in [1.82, 2.24) is 13.7 Å². The molecule has 1 unspecified atom stereocenters. The van der Waals surface area contributed by atoms with E-state index >= 15 is 0 Å². The van der Waals surface area contributed by atoms with E-state index in [0.29, 0.717) is 26.1 Å². The third kappa shape index (κ3) is 5.26. The van der Waals surface area contributed by atoms with E-state index in [4.69, 9.17) is 0 Å². The Hall–Kier alpha value is -2.34. The molecule has 0 aliphatic carbocycles. The summed E-state index contributed by atoms with van der Waals surface area (Å²) in [5.74, 6) is 0.757. The number of piperazine rings is 1. The minimum absolute atomic E-state index is 0.0894. The predicted molar refractivity (Wildman–Crippen MR) is 129 cm³/mol. The van der Waals surface area contributed by atoms with Gasteiger partial charge >= 0.3 is 0 Å². The van der Waals surface area contributed by atoms with Crippen LogP contribution >= 0.6 is 11.5 Å². The summed E-state index contributed by atoms with van der Waals surface area (Å²) in [4.78, 5) is 6.93. The number of benzene rings is 2. The zero-order valence-corrected chi connectivity index (χ0v) is 21.1. The number of hydrogen-bond acceptors (Lipinski definition) is 8. The Morgan fingerprint density at radius 3 is 2.21 bits per heavy atom. The number of hydrogen-bond donors (Lipinski definition) is 0. The zero-order valence-electron chi connectivity index (χ0n) is 18.7. The van der Waals surface area contributed by atoms with E-state index in [-0.39, 0.29) is 15.8 Å². The molecule has 1 aliphatic heterocycles. The smallest absolute Gasteiger partial charge is 0.243 e. The summed E-state index contributed by atoms with van der Waals surface area (Å²) >= 11 is 1.33. The number of anilines is 1. The Balaban J connectivity index is 1.44. The maximum Gasteiger partial charge on any atom is 0.243 e. The first kappa shape index (κ1) is 23.8. The first-order chi connectivity index (χ1) is 15.5. The molecule has 33 heavy (non-hydrogen) atoms. The van der Waals surface area contributed by atoms with Gasteiger partial charge in [0.05, 0.1) is 9.79 Å². The molecule has 4 rings (SSSR count). The van der Waals surface area contributed by atoms with E-state index in [1.165, 1.54) is 45.7 Å². The van der Waals surface area contributed by atoms with Crippen LogP contribution in [0.4, 0.5) is 5.13 Å². The lowest BCUT2D eigenvalue weighted by atomic mass is 10.1. The van der Waals surface area contributed by atoms with Gasteiger partial charge in [0.15, 0.2) is 9.84 Å². The highest BCUT2D eigenvalue weighted by atomic mass is 32.2. The summed E-state index contributed by atoms with van der Waals surface area (Å²) in [7, 11) is -7.12. The van der Waals surface area contributed by atoms with Crippen LogP contribution in [-0.2, 0) is 26.3 Å². The van der Waals surface area contributed by atoms with Crippen LogP contribution < -0.4 is 4.90 Å². The van der Waals surface area contributed by atoms with Crippen LogP contribution in [0.1, 0.15) is 23.9 Å². The molecule has 2 aromatic carbocycles. The van der Waals surface area contributed by atoms with E-state index in [1.807, 2.05) is 6.92 Å².